The van der Waals surface area contributed by atoms with Crippen molar-refractivity contribution in [3.05, 3.63) is 52.9 Å². The number of rotatable bonds is 4. The number of nitrogens with zero attached hydrogens (tertiary/aromatic N) is 1. The van der Waals surface area contributed by atoms with Gasteiger partial charge in [-0.25, -0.2) is 0 Å². The van der Waals surface area contributed by atoms with Crippen molar-refractivity contribution in [2.24, 2.45) is 0 Å². The van der Waals surface area contributed by atoms with Crippen LogP contribution < -0.4 is 5.32 Å². The van der Waals surface area contributed by atoms with E-state index in [1.165, 1.54) is 5.56 Å². The van der Waals surface area contributed by atoms with E-state index in [2.05, 4.69) is 10.5 Å². The van der Waals surface area contributed by atoms with Crippen LogP contribution in [0.15, 0.2) is 41.2 Å². The third kappa shape index (κ3) is 3.08. The fourth-order valence-corrected chi connectivity index (χ4v) is 1.39. The number of hydrogen-bond donors (Lipinski definition) is 1. The third-order valence-electron chi connectivity index (χ3n) is 2.05. The maximum atomic E-state index is 5.79. The van der Waals surface area contributed by atoms with Crippen LogP contribution in [0.3, 0.4) is 0 Å². The lowest BCUT2D eigenvalue weighted by molar-refractivity contribution is 0.418. The summed E-state index contributed by atoms with van der Waals surface area (Å²) in [6, 6.07) is 7.78. The van der Waals surface area contributed by atoms with Gasteiger partial charge in [0.2, 0.25) is 0 Å². The molecule has 0 saturated carbocycles. The molecule has 2 rings (SSSR count). The first-order valence-corrected chi connectivity index (χ1v) is 5.06. The smallest absolute Gasteiger partial charge is 0.128 e. The molecule has 0 amide bonds. The van der Waals surface area contributed by atoms with Crippen molar-refractivity contribution < 1.29 is 4.52 Å². The van der Waals surface area contributed by atoms with E-state index in [1.54, 1.807) is 12.5 Å². The van der Waals surface area contributed by atoms with Crippen LogP contribution in [-0.4, -0.2) is 5.16 Å². The minimum Gasteiger partial charge on any atom is -0.364 e. The normalized spacial score (nSPS) is 10.5. The summed E-state index contributed by atoms with van der Waals surface area (Å²) in [6.07, 6.45) is 3.34. The molecule has 0 unspecified atom stereocenters. The number of halogens is 1. The summed E-state index contributed by atoms with van der Waals surface area (Å²) in [4.78, 5) is 0. The summed E-state index contributed by atoms with van der Waals surface area (Å²) < 4.78 is 4.73. The molecule has 0 bridgehead atoms. The van der Waals surface area contributed by atoms with Crippen molar-refractivity contribution in [2.75, 3.05) is 0 Å². The average Bonchev–Trinajstić information content (AvgIpc) is 2.74. The molecule has 4 heteroatoms. The van der Waals surface area contributed by atoms with Gasteiger partial charge in [0.05, 0.1) is 6.20 Å². The van der Waals surface area contributed by atoms with Gasteiger partial charge in [-0.2, -0.15) is 0 Å². The van der Waals surface area contributed by atoms with E-state index in [1.807, 2.05) is 24.3 Å². The zero-order chi connectivity index (χ0) is 10.5. The third-order valence-corrected chi connectivity index (χ3v) is 2.31. The average molecular weight is 223 g/mol. The van der Waals surface area contributed by atoms with Gasteiger partial charge in [0.1, 0.15) is 6.26 Å². The predicted octanol–water partition coefficient (Wildman–Crippen LogP) is 2.62. The molecule has 1 aromatic heterocycles. The summed E-state index contributed by atoms with van der Waals surface area (Å²) >= 11 is 5.79. The Balaban J connectivity index is 1.81. The fraction of sp³-hybridized carbons (Fsp3) is 0.182. The summed E-state index contributed by atoms with van der Waals surface area (Å²) in [5, 5.41) is 7.67. The van der Waals surface area contributed by atoms with Crippen molar-refractivity contribution in [2.45, 2.75) is 13.1 Å². The van der Waals surface area contributed by atoms with E-state index in [4.69, 9.17) is 16.1 Å². The van der Waals surface area contributed by atoms with Gasteiger partial charge in [0, 0.05) is 23.7 Å². The van der Waals surface area contributed by atoms with E-state index in [-0.39, 0.29) is 0 Å². The van der Waals surface area contributed by atoms with E-state index in [0.717, 1.165) is 23.7 Å². The molecule has 15 heavy (non-hydrogen) atoms. The Hall–Kier alpha value is -1.32. The van der Waals surface area contributed by atoms with E-state index in [0.29, 0.717) is 0 Å². The van der Waals surface area contributed by atoms with Crippen LogP contribution in [0.5, 0.6) is 0 Å². The number of aromatic nitrogens is 1. The van der Waals surface area contributed by atoms with Gasteiger partial charge in [-0.1, -0.05) is 28.9 Å². The molecule has 1 N–H and O–H groups in total. The topological polar surface area (TPSA) is 38.1 Å². The molecule has 0 fully saturated rings. The molecule has 3 nitrogen and oxygen atoms in total. The Bertz CT molecular complexity index is 397. The van der Waals surface area contributed by atoms with Gasteiger partial charge < -0.3 is 9.84 Å². The van der Waals surface area contributed by atoms with Crippen LogP contribution in [0.4, 0.5) is 0 Å². The Morgan fingerprint density at radius 1 is 1.13 bits per heavy atom. The van der Waals surface area contributed by atoms with Crippen LogP contribution in [0.25, 0.3) is 0 Å². The lowest BCUT2D eigenvalue weighted by atomic mass is 10.2. The summed E-state index contributed by atoms with van der Waals surface area (Å²) in [5.41, 5.74) is 2.25. The maximum Gasteiger partial charge on any atom is 0.128 e. The van der Waals surface area contributed by atoms with Crippen LogP contribution in [0.1, 0.15) is 11.1 Å². The summed E-state index contributed by atoms with van der Waals surface area (Å²) in [7, 11) is 0. The SMILES string of the molecule is Clc1ccc(CNCc2cnoc2)cc1. The fourth-order valence-electron chi connectivity index (χ4n) is 1.27. The molecular formula is C11H11ClN2O. The van der Waals surface area contributed by atoms with Crippen molar-refractivity contribution >= 4 is 11.6 Å². The number of benzene rings is 1. The highest BCUT2D eigenvalue weighted by molar-refractivity contribution is 6.30. The van der Waals surface area contributed by atoms with Crippen molar-refractivity contribution in [1.82, 2.24) is 10.5 Å². The molecule has 0 spiro atoms. The number of hydrogen-bond acceptors (Lipinski definition) is 3. The molecule has 1 heterocycles. The molecule has 0 aliphatic rings. The van der Waals surface area contributed by atoms with E-state index in [9.17, 15) is 0 Å². The first-order valence-electron chi connectivity index (χ1n) is 4.68. The van der Waals surface area contributed by atoms with Gasteiger partial charge in [-0.15, -0.1) is 0 Å². The van der Waals surface area contributed by atoms with Crippen LogP contribution in [0.2, 0.25) is 5.02 Å². The lowest BCUT2D eigenvalue weighted by Gasteiger charge is -2.02. The first-order chi connectivity index (χ1) is 7.34. The Kier molecular flexibility index (Phi) is 3.37. The molecule has 0 aliphatic carbocycles. The molecule has 2 aromatic rings. The lowest BCUT2D eigenvalue weighted by Crippen LogP contribution is -2.11. The monoisotopic (exact) mass is 222 g/mol. The molecule has 0 radical (unpaired) electrons. The Morgan fingerprint density at radius 2 is 1.87 bits per heavy atom. The van der Waals surface area contributed by atoms with Gasteiger partial charge in [0.15, 0.2) is 0 Å². The zero-order valence-corrected chi connectivity index (χ0v) is 8.87. The largest absolute Gasteiger partial charge is 0.364 e. The Labute approximate surface area is 93.0 Å². The van der Waals surface area contributed by atoms with Crippen molar-refractivity contribution in [3.8, 4) is 0 Å². The second-order valence-corrected chi connectivity index (χ2v) is 3.70. The highest BCUT2D eigenvalue weighted by Gasteiger charge is 1.96. The van der Waals surface area contributed by atoms with Crippen LogP contribution >= 0.6 is 11.6 Å². The summed E-state index contributed by atoms with van der Waals surface area (Å²) in [5.74, 6) is 0. The van der Waals surface area contributed by atoms with Crippen molar-refractivity contribution in [3.63, 3.8) is 0 Å². The summed E-state index contributed by atoms with van der Waals surface area (Å²) in [6.45, 7) is 1.56. The molecule has 0 atom stereocenters. The van der Waals surface area contributed by atoms with Crippen LogP contribution in [0, 0.1) is 0 Å². The standard InChI is InChI=1S/C11H11ClN2O/c12-11-3-1-9(2-4-11)5-13-6-10-7-14-15-8-10/h1-4,7-8,13H,5-6H2. The van der Waals surface area contributed by atoms with Crippen LogP contribution in [-0.2, 0) is 13.1 Å². The second-order valence-electron chi connectivity index (χ2n) is 3.26. The molecule has 0 saturated heterocycles. The molecular weight excluding hydrogens is 212 g/mol. The second kappa shape index (κ2) is 4.96. The highest BCUT2D eigenvalue weighted by Crippen LogP contribution is 2.09. The quantitative estimate of drug-likeness (QED) is 0.864. The van der Waals surface area contributed by atoms with E-state index < -0.39 is 0 Å². The maximum absolute atomic E-state index is 5.79. The Morgan fingerprint density at radius 3 is 2.53 bits per heavy atom. The van der Waals surface area contributed by atoms with Gasteiger partial charge in [-0.3, -0.25) is 0 Å². The molecule has 78 valence electrons. The zero-order valence-electron chi connectivity index (χ0n) is 8.11. The first kappa shape index (κ1) is 10.2. The molecule has 0 aliphatic heterocycles. The van der Waals surface area contributed by atoms with Crippen molar-refractivity contribution in [1.29, 1.82) is 0 Å². The minimum absolute atomic E-state index is 0.756. The highest BCUT2D eigenvalue weighted by atomic mass is 35.5. The van der Waals surface area contributed by atoms with Gasteiger partial charge >= 0.3 is 0 Å². The van der Waals surface area contributed by atoms with Gasteiger partial charge in [0.25, 0.3) is 0 Å². The van der Waals surface area contributed by atoms with E-state index >= 15 is 0 Å². The predicted molar refractivity (Wildman–Crippen MR) is 58.5 cm³/mol. The molecule has 1 aromatic carbocycles. The van der Waals surface area contributed by atoms with Gasteiger partial charge in [-0.05, 0) is 17.7 Å². The minimum atomic E-state index is 0.756. The number of nitrogens with one attached hydrogen (secondary N) is 1.